The van der Waals surface area contributed by atoms with E-state index in [0.717, 1.165) is 0 Å². The van der Waals surface area contributed by atoms with Crippen molar-refractivity contribution in [3.05, 3.63) is 17.1 Å². The predicted molar refractivity (Wildman–Crippen MR) is 67.9 cm³/mol. The Hall–Kier alpha value is -1.63. The van der Waals surface area contributed by atoms with Crippen molar-refractivity contribution in [3.63, 3.8) is 0 Å². The van der Waals surface area contributed by atoms with Gasteiger partial charge in [-0.1, -0.05) is 0 Å². The lowest BCUT2D eigenvalue weighted by Gasteiger charge is -2.13. The summed E-state index contributed by atoms with van der Waals surface area (Å²) < 4.78 is 0. The van der Waals surface area contributed by atoms with E-state index in [2.05, 4.69) is 15.3 Å². The molecule has 2 N–H and O–H groups in total. The first-order chi connectivity index (χ1) is 8.36. The van der Waals surface area contributed by atoms with E-state index in [9.17, 15) is 9.59 Å². The summed E-state index contributed by atoms with van der Waals surface area (Å²) >= 11 is 1.33. The quantitative estimate of drug-likeness (QED) is 0.626. The molecule has 1 aromatic rings. The van der Waals surface area contributed by atoms with Gasteiger partial charge in [-0.2, -0.15) is 0 Å². The molecule has 0 radical (unpaired) electrons. The molecule has 1 amide bonds. The highest BCUT2D eigenvalue weighted by Crippen LogP contribution is 2.20. The van der Waals surface area contributed by atoms with Crippen molar-refractivity contribution in [2.24, 2.45) is 0 Å². The topological polar surface area (TPSA) is 92.2 Å². The molecule has 1 atom stereocenters. The van der Waals surface area contributed by atoms with Crippen LogP contribution in [0.1, 0.15) is 28.8 Å². The SMILES string of the molecule is CSc1nc(C)nc(C)c1C(=O)N[C@H](C)C(=O)O. The van der Waals surface area contributed by atoms with Crippen LogP contribution in [0.4, 0.5) is 0 Å². The van der Waals surface area contributed by atoms with Gasteiger partial charge in [-0.15, -0.1) is 11.8 Å². The number of carboxylic acids is 1. The Kier molecular flexibility index (Phi) is 4.66. The van der Waals surface area contributed by atoms with Gasteiger partial charge in [-0.3, -0.25) is 9.59 Å². The van der Waals surface area contributed by atoms with Gasteiger partial charge in [0, 0.05) is 0 Å². The summed E-state index contributed by atoms with van der Waals surface area (Å²) in [5, 5.41) is 11.7. The molecule has 0 saturated carbocycles. The van der Waals surface area contributed by atoms with Gasteiger partial charge in [-0.05, 0) is 27.0 Å². The summed E-state index contributed by atoms with van der Waals surface area (Å²) in [6.45, 7) is 4.85. The van der Waals surface area contributed by atoms with E-state index in [1.165, 1.54) is 18.7 Å². The van der Waals surface area contributed by atoms with Gasteiger partial charge < -0.3 is 10.4 Å². The molecule has 1 aromatic heterocycles. The van der Waals surface area contributed by atoms with Crippen LogP contribution in [0, 0.1) is 13.8 Å². The number of hydrogen-bond donors (Lipinski definition) is 2. The molecule has 0 spiro atoms. The highest BCUT2D eigenvalue weighted by Gasteiger charge is 2.21. The minimum atomic E-state index is -1.08. The number of thioether (sulfide) groups is 1. The standard InChI is InChI=1S/C11H15N3O3S/c1-5-8(9(15)13-6(2)11(16)17)10(18-4)14-7(3)12-5/h6H,1-4H3,(H,13,15)(H,16,17)/t6-/m1/s1. The molecule has 1 heterocycles. The number of nitrogens with zero attached hydrogens (tertiary/aromatic N) is 2. The van der Waals surface area contributed by atoms with E-state index in [-0.39, 0.29) is 0 Å². The van der Waals surface area contributed by atoms with Crippen molar-refractivity contribution in [1.82, 2.24) is 15.3 Å². The molecule has 0 unspecified atom stereocenters. The van der Waals surface area contributed by atoms with Gasteiger partial charge in [0.25, 0.3) is 5.91 Å². The average Bonchev–Trinajstić information content (AvgIpc) is 2.27. The summed E-state index contributed by atoms with van der Waals surface area (Å²) in [6.07, 6.45) is 1.80. The minimum absolute atomic E-state index is 0.334. The molecule has 98 valence electrons. The van der Waals surface area contributed by atoms with Gasteiger partial charge in [0.05, 0.1) is 11.3 Å². The first-order valence-electron chi connectivity index (χ1n) is 5.29. The molecule has 0 aliphatic carbocycles. The van der Waals surface area contributed by atoms with Crippen LogP contribution in [0.5, 0.6) is 0 Å². The van der Waals surface area contributed by atoms with Gasteiger partial charge in [0.1, 0.15) is 16.9 Å². The highest BCUT2D eigenvalue weighted by atomic mass is 32.2. The van der Waals surface area contributed by atoms with E-state index in [1.54, 1.807) is 20.1 Å². The molecule has 7 heteroatoms. The Morgan fingerprint density at radius 1 is 1.33 bits per heavy atom. The Bertz CT molecular complexity index is 491. The number of nitrogens with one attached hydrogen (secondary N) is 1. The fourth-order valence-electron chi connectivity index (χ4n) is 1.42. The van der Waals surface area contributed by atoms with E-state index in [1.807, 2.05) is 0 Å². The van der Waals surface area contributed by atoms with Crippen molar-refractivity contribution in [1.29, 1.82) is 0 Å². The van der Waals surface area contributed by atoms with E-state index >= 15 is 0 Å². The smallest absolute Gasteiger partial charge is 0.325 e. The molecule has 0 fully saturated rings. The lowest BCUT2D eigenvalue weighted by Crippen LogP contribution is -2.39. The van der Waals surface area contributed by atoms with E-state index in [4.69, 9.17) is 5.11 Å². The summed E-state index contributed by atoms with van der Waals surface area (Å²) in [7, 11) is 0. The molecule has 0 aliphatic rings. The maximum atomic E-state index is 12.0. The summed E-state index contributed by atoms with van der Waals surface area (Å²) in [5.41, 5.74) is 0.878. The van der Waals surface area contributed by atoms with Crippen LogP contribution >= 0.6 is 11.8 Å². The molecule has 6 nitrogen and oxygen atoms in total. The van der Waals surface area contributed by atoms with Crippen molar-refractivity contribution in [2.45, 2.75) is 31.8 Å². The van der Waals surface area contributed by atoms with Crippen LogP contribution < -0.4 is 5.32 Å². The van der Waals surface area contributed by atoms with Crippen LogP contribution in [0.15, 0.2) is 5.03 Å². The monoisotopic (exact) mass is 269 g/mol. The van der Waals surface area contributed by atoms with Crippen LogP contribution in [-0.4, -0.2) is 39.2 Å². The summed E-state index contributed by atoms with van der Waals surface area (Å²) in [5.74, 6) is -0.967. The Morgan fingerprint density at radius 2 is 1.94 bits per heavy atom. The summed E-state index contributed by atoms with van der Waals surface area (Å²) in [4.78, 5) is 31.0. The van der Waals surface area contributed by atoms with E-state index in [0.29, 0.717) is 22.1 Å². The van der Waals surface area contributed by atoms with Crippen LogP contribution in [-0.2, 0) is 4.79 Å². The third kappa shape index (κ3) is 3.19. The third-order valence-corrected chi connectivity index (χ3v) is 2.99. The third-order valence-electron chi connectivity index (χ3n) is 2.31. The molecule has 0 aromatic carbocycles. The number of carbonyl (C=O) groups excluding carboxylic acids is 1. The molecule has 18 heavy (non-hydrogen) atoms. The van der Waals surface area contributed by atoms with Crippen LogP contribution in [0.3, 0.4) is 0 Å². The second-order valence-corrected chi connectivity index (χ2v) is 4.57. The highest BCUT2D eigenvalue weighted by molar-refractivity contribution is 7.98. The number of aromatic nitrogens is 2. The molecule has 0 saturated heterocycles. The number of rotatable bonds is 4. The average molecular weight is 269 g/mol. The van der Waals surface area contributed by atoms with Crippen molar-refractivity contribution in [3.8, 4) is 0 Å². The zero-order valence-corrected chi connectivity index (χ0v) is 11.5. The number of carbonyl (C=O) groups is 2. The number of hydrogen-bond acceptors (Lipinski definition) is 5. The van der Waals surface area contributed by atoms with Gasteiger partial charge in [0.2, 0.25) is 0 Å². The van der Waals surface area contributed by atoms with Gasteiger partial charge >= 0.3 is 5.97 Å². The molecular weight excluding hydrogens is 254 g/mol. The zero-order chi connectivity index (χ0) is 13.9. The maximum absolute atomic E-state index is 12.0. The van der Waals surface area contributed by atoms with Gasteiger partial charge in [-0.25, -0.2) is 9.97 Å². The zero-order valence-electron chi connectivity index (χ0n) is 10.6. The lowest BCUT2D eigenvalue weighted by molar-refractivity contribution is -0.138. The van der Waals surface area contributed by atoms with Crippen molar-refractivity contribution in [2.75, 3.05) is 6.26 Å². The molecule has 1 rings (SSSR count). The van der Waals surface area contributed by atoms with Crippen LogP contribution in [0.2, 0.25) is 0 Å². The van der Waals surface area contributed by atoms with Gasteiger partial charge in [0.15, 0.2) is 0 Å². The van der Waals surface area contributed by atoms with Crippen molar-refractivity contribution >= 4 is 23.6 Å². The van der Waals surface area contributed by atoms with E-state index < -0.39 is 17.9 Å². The number of aryl methyl sites for hydroxylation is 2. The minimum Gasteiger partial charge on any atom is -0.480 e. The predicted octanol–water partition coefficient (Wildman–Crippen LogP) is 1.02. The molecular formula is C11H15N3O3S. The largest absolute Gasteiger partial charge is 0.480 e. The Labute approximate surface area is 109 Å². The van der Waals surface area contributed by atoms with Crippen molar-refractivity contribution < 1.29 is 14.7 Å². The first kappa shape index (κ1) is 14.4. The number of carboxylic acid groups (broad SMARTS) is 1. The Balaban J connectivity index is 3.09. The summed E-state index contributed by atoms with van der Waals surface area (Å²) in [6, 6.07) is -0.951. The number of aliphatic carboxylic acids is 1. The maximum Gasteiger partial charge on any atom is 0.325 e. The fourth-order valence-corrected chi connectivity index (χ4v) is 2.09. The molecule has 0 aliphatic heterocycles. The second kappa shape index (κ2) is 5.81. The molecule has 0 bridgehead atoms. The lowest BCUT2D eigenvalue weighted by atomic mass is 10.2. The number of amides is 1. The van der Waals surface area contributed by atoms with Crippen LogP contribution in [0.25, 0.3) is 0 Å². The Morgan fingerprint density at radius 3 is 2.44 bits per heavy atom. The second-order valence-electron chi connectivity index (χ2n) is 3.77. The fraction of sp³-hybridized carbons (Fsp3) is 0.455. The normalized spacial score (nSPS) is 12.0. The first-order valence-corrected chi connectivity index (χ1v) is 6.52.